The van der Waals surface area contributed by atoms with Gasteiger partial charge in [0.2, 0.25) is 0 Å². The predicted octanol–water partition coefficient (Wildman–Crippen LogP) is 3.15. The molecular formula is C14H13F2NO3S2. The fraction of sp³-hybridized carbons (Fsp3) is 0.214. The molecule has 4 nitrogen and oxygen atoms in total. The van der Waals surface area contributed by atoms with E-state index in [0.717, 1.165) is 23.7 Å². The van der Waals surface area contributed by atoms with Gasteiger partial charge in [0.05, 0.1) is 10.6 Å². The molecule has 2 aromatic rings. The second kappa shape index (κ2) is 6.53. The minimum Gasteiger partial charge on any atom is -0.298 e. The summed E-state index contributed by atoms with van der Waals surface area (Å²) in [6.45, 7) is 0.142. The van der Waals surface area contributed by atoms with Crippen LogP contribution in [0.4, 0.5) is 8.78 Å². The minimum atomic E-state index is -3.29. The maximum absolute atomic E-state index is 12.1. The van der Waals surface area contributed by atoms with Gasteiger partial charge < -0.3 is 0 Å². The second-order valence-electron chi connectivity index (χ2n) is 4.62. The first-order valence-electron chi connectivity index (χ1n) is 6.29. The average Bonchev–Trinajstić information content (AvgIpc) is 2.79. The molecule has 0 saturated carbocycles. The normalized spacial score (nSPS) is 11.4. The lowest BCUT2D eigenvalue weighted by Gasteiger charge is -2.07. The summed E-state index contributed by atoms with van der Waals surface area (Å²) in [5.74, 6) is 0. The molecule has 0 atom stereocenters. The van der Waals surface area contributed by atoms with Crippen LogP contribution >= 0.6 is 11.3 Å². The molecule has 0 spiro atoms. The van der Waals surface area contributed by atoms with Gasteiger partial charge in [-0.25, -0.2) is 8.42 Å². The Morgan fingerprint density at radius 3 is 2.45 bits per heavy atom. The molecule has 0 fully saturated rings. The lowest BCUT2D eigenvalue weighted by molar-refractivity contribution is 0.416. The van der Waals surface area contributed by atoms with Crippen molar-refractivity contribution < 1.29 is 17.2 Å². The van der Waals surface area contributed by atoms with E-state index < -0.39 is 15.9 Å². The highest BCUT2D eigenvalue weighted by atomic mass is 32.2. The van der Waals surface area contributed by atoms with Gasteiger partial charge >= 0.3 is 4.87 Å². The van der Waals surface area contributed by atoms with Crippen LogP contribution < -0.4 is 4.87 Å². The van der Waals surface area contributed by atoms with Crippen molar-refractivity contribution in [3.63, 3.8) is 0 Å². The number of halogens is 2. The summed E-state index contributed by atoms with van der Waals surface area (Å²) >= 11 is 0.975. The van der Waals surface area contributed by atoms with Gasteiger partial charge in [-0.05, 0) is 30.2 Å². The van der Waals surface area contributed by atoms with Crippen molar-refractivity contribution >= 4 is 21.2 Å². The smallest absolute Gasteiger partial charge is 0.298 e. The van der Waals surface area contributed by atoms with Crippen LogP contribution in [0.1, 0.15) is 6.42 Å². The van der Waals surface area contributed by atoms with Gasteiger partial charge in [0.15, 0.2) is 9.84 Å². The summed E-state index contributed by atoms with van der Waals surface area (Å²) in [6, 6.07) is 6.11. The van der Waals surface area contributed by atoms with Gasteiger partial charge in [-0.2, -0.15) is 8.78 Å². The topological polar surface area (TPSA) is 56.1 Å². The number of nitrogens with zero attached hydrogens (tertiary/aromatic N) is 1. The van der Waals surface area contributed by atoms with E-state index in [1.165, 1.54) is 16.7 Å². The summed E-state index contributed by atoms with van der Waals surface area (Å²) < 4.78 is 48.4. The summed E-state index contributed by atoms with van der Waals surface area (Å²) in [7, 11) is -3.29. The van der Waals surface area contributed by atoms with Gasteiger partial charge in [0, 0.05) is 18.2 Å². The zero-order valence-electron chi connectivity index (χ0n) is 11.6. The molecule has 0 saturated heterocycles. The number of hydrogen-bond donors (Lipinski definition) is 0. The Kier molecular flexibility index (Phi) is 4.92. The van der Waals surface area contributed by atoms with E-state index in [4.69, 9.17) is 0 Å². The Morgan fingerprint density at radius 1 is 1.27 bits per heavy atom. The van der Waals surface area contributed by atoms with Crippen LogP contribution in [0.2, 0.25) is 0 Å². The second-order valence-corrected chi connectivity index (χ2v) is 7.45. The van der Waals surface area contributed by atoms with E-state index in [-0.39, 0.29) is 22.7 Å². The Labute approximate surface area is 130 Å². The standard InChI is InChI=1S/C14H13F2NO3S2/c1-22(19,20)11-6-4-10(5-7-11)12-9-21-14(18)17(12)8-2-3-13(15)16/h3-7,9H,2,8H2,1H3. The van der Waals surface area contributed by atoms with E-state index in [1.54, 1.807) is 17.5 Å². The molecule has 0 aliphatic carbocycles. The van der Waals surface area contributed by atoms with E-state index in [1.807, 2.05) is 0 Å². The van der Waals surface area contributed by atoms with Gasteiger partial charge in [-0.1, -0.05) is 23.5 Å². The summed E-state index contributed by atoms with van der Waals surface area (Å²) in [5, 5.41) is 1.63. The lowest BCUT2D eigenvalue weighted by atomic mass is 10.2. The molecule has 0 N–H and O–H groups in total. The lowest BCUT2D eigenvalue weighted by Crippen LogP contribution is -2.14. The number of allylic oxidation sites excluding steroid dienone is 1. The van der Waals surface area contributed by atoms with Crippen LogP contribution in [0.3, 0.4) is 0 Å². The van der Waals surface area contributed by atoms with Crippen LogP contribution in [0.5, 0.6) is 0 Å². The van der Waals surface area contributed by atoms with Crippen molar-refractivity contribution in [2.75, 3.05) is 6.26 Å². The minimum absolute atomic E-state index is 0.0490. The number of hydrogen-bond acceptors (Lipinski definition) is 4. The van der Waals surface area contributed by atoms with Crippen LogP contribution in [-0.2, 0) is 16.4 Å². The number of rotatable bonds is 5. The van der Waals surface area contributed by atoms with Gasteiger partial charge in [-0.3, -0.25) is 9.36 Å². The molecule has 8 heteroatoms. The fourth-order valence-electron chi connectivity index (χ4n) is 1.94. The third-order valence-corrected chi connectivity index (χ3v) is 4.90. The summed E-state index contributed by atoms with van der Waals surface area (Å²) in [5.41, 5.74) is 1.25. The largest absolute Gasteiger partial charge is 0.307 e. The molecule has 1 heterocycles. The molecule has 22 heavy (non-hydrogen) atoms. The molecule has 118 valence electrons. The van der Waals surface area contributed by atoms with E-state index in [0.29, 0.717) is 11.3 Å². The number of sulfone groups is 1. The highest BCUT2D eigenvalue weighted by Gasteiger charge is 2.11. The molecule has 1 aromatic heterocycles. The van der Waals surface area contributed by atoms with Crippen LogP contribution in [0.25, 0.3) is 11.3 Å². The number of benzene rings is 1. The van der Waals surface area contributed by atoms with Gasteiger partial charge in [0.25, 0.3) is 6.08 Å². The first-order chi connectivity index (χ1) is 10.3. The van der Waals surface area contributed by atoms with Gasteiger partial charge in [0.1, 0.15) is 0 Å². The van der Waals surface area contributed by atoms with Crippen molar-refractivity contribution in [3.8, 4) is 11.3 Å². The van der Waals surface area contributed by atoms with E-state index in [9.17, 15) is 22.0 Å². The third kappa shape index (κ3) is 3.89. The Morgan fingerprint density at radius 2 is 1.91 bits per heavy atom. The van der Waals surface area contributed by atoms with Crippen molar-refractivity contribution in [1.29, 1.82) is 0 Å². The molecule has 0 unspecified atom stereocenters. The van der Waals surface area contributed by atoms with Crippen LogP contribution in [0, 0.1) is 0 Å². The van der Waals surface area contributed by atoms with Crippen LogP contribution in [-0.4, -0.2) is 19.2 Å². The average molecular weight is 345 g/mol. The molecule has 0 aliphatic heterocycles. The zero-order valence-corrected chi connectivity index (χ0v) is 13.3. The molecular weight excluding hydrogens is 332 g/mol. The Hall–Kier alpha value is -1.80. The maximum atomic E-state index is 12.1. The predicted molar refractivity (Wildman–Crippen MR) is 82.0 cm³/mol. The molecule has 0 amide bonds. The highest BCUT2D eigenvalue weighted by Crippen LogP contribution is 2.22. The molecule has 2 rings (SSSR count). The summed E-state index contributed by atoms with van der Waals surface area (Å²) in [4.78, 5) is 11.7. The third-order valence-electron chi connectivity index (χ3n) is 3.01. The van der Waals surface area contributed by atoms with Crippen molar-refractivity contribution in [3.05, 3.63) is 51.5 Å². The maximum Gasteiger partial charge on any atom is 0.307 e. The Bertz CT molecular complexity index is 845. The van der Waals surface area contributed by atoms with Crippen molar-refractivity contribution in [1.82, 2.24) is 4.57 Å². The SMILES string of the molecule is CS(=O)(=O)c1ccc(-c2csc(=O)n2CCC=C(F)F)cc1. The molecule has 0 bridgehead atoms. The molecule has 0 radical (unpaired) electrons. The first kappa shape index (κ1) is 16.6. The molecule has 0 aliphatic rings. The fourth-order valence-corrected chi connectivity index (χ4v) is 3.37. The highest BCUT2D eigenvalue weighted by molar-refractivity contribution is 7.90. The number of thiazole rings is 1. The number of aromatic nitrogens is 1. The monoisotopic (exact) mass is 345 g/mol. The van der Waals surface area contributed by atoms with Gasteiger partial charge in [-0.15, -0.1) is 0 Å². The van der Waals surface area contributed by atoms with Crippen molar-refractivity contribution in [2.24, 2.45) is 0 Å². The quantitative estimate of drug-likeness (QED) is 0.836. The van der Waals surface area contributed by atoms with E-state index >= 15 is 0 Å². The zero-order chi connectivity index (χ0) is 16.3. The first-order valence-corrected chi connectivity index (χ1v) is 9.06. The van der Waals surface area contributed by atoms with E-state index in [2.05, 4.69) is 0 Å². The van der Waals surface area contributed by atoms with Crippen LogP contribution in [0.15, 0.2) is 51.5 Å². The molecule has 1 aromatic carbocycles. The summed E-state index contributed by atoms with van der Waals surface area (Å²) in [6.07, 6.45) is 0.149. The Balaban J connectivity index is 2.33. The van der Waals surface area contributed by atoms with Crippen molar-refractivity contribution in [2.45, 2.75) is 17.9 Å².